The van der Waals surface area contributed by atoms with Crippen LogP contribution >= 0.6 is 0 Å². The maximum Gasteiger partial charge on any atom is 0.320 e. The number of nitrogens with two attached hydrogens (primary N) is 5. The van der Waals surface area contributed by atoms with Gasteiger partial charge in [0.1, 0.15) is 12.1 Å². The zero-order chi connectivity index (χ0) is 16.8. The molecule has 0 fully saturated rings. The summed E-state index contributed by atoms with van der Waals surface area (Å²) in [6, 6.07) is -1.56. The number of aliphatic imine (C=N–C) groups is 1. The maximum atomic E-state index is 10.2. The lowest BCUT2D eigenvalue weighted by Crippen LogP contribution is -2.30. The van der Waals surface area contributed by atoms with Crippen molar-refractivity contribution in [3.8, 4) is 0 Å². The van der Waals surface area contributed by atoms with E-state index in [0.717, 1.165) is 0 Å². The van der Waals surface area contributed by atoms with Gasteiger partial charge in [0.15, 0.2) is 5.96 Å². The van der Waals surface area contributed by atoms with Gasteiger partial charge in [-0.15, -0.1) is 0 Å². The number of carboxylic acids is 2. The van der Waals surface area contributed by atoms with Gasteiger partial charge in [0, 0.05) is 6.54 Å². The van der Waals surface area contributed by atoms with E-state index in [2.05, 4.69) is 4.99 Å². The van der Waals surface area contributed by atoms with Crippen LogP contribution in [0.1, 0.15) is 25.7 Å². The molecule has 0 aromatic carbocycles. The molecular weight excluding hydrogens is 280 g/mol. The third-order valence-corrected chi connectivity index (χ3v) is 2.32. The van der Waals surface area contributed by atoms with Crippen LogP contribution in [0.2, 0.25) is 0 Å². The molecule has 0 aliphatic rings. The SMILES string of the molecule is NC(N)=NCCC[C@H](N)C(=O)O.NCCC[C@@H](N)C(=O)O. The van der Waals surface area contributed by atoms with Gasteiger partial charge in [-0.25, -0.2) is 0 Å². The number of nitrogens with zero attached hydrogens (tertiary/aromatic N) is 1. The highest BCUT2D eigenvalue weighted by Gasteiger charge is 2.09. The summed E-state index contributed by atoms with van der Waals surface area (Å²) in [6.45, 7) is 0.921. The Morgan fingerprint density at radius 1 is 0.952 bits per heavy atom. The highest BCUT2D eigenvalue weighted by molar-refractivity contribution is 5.75. The fourth-order valence-corrected chi connectivity index (χ4v) is 1.10. The van der Waals surface area contributed by atoms with E-state index in [-0.39, 0.29) is 5.96 Å². The minimum absolute atomic E-state index is 0.0129. The third kappa shape index (κ3) is 16.0. The van der Waals surface area contributed by atoms with Crippen molar-refractivity contribution in [1.29, 1.82) is 0 Å². The summed E-state index contributed by atoms with van der Waals surface area (Å²) in [5, 5.41) is 16.6. The van der Waals surface area contributed by atoms with Crippen molar-refractivity contribution in [1.82, 2.24) is 0 Å². The molecule has 0 aliphatic carbocycles. The molecule has 124 valence electrons. The standard InChI is InChI=1S/C6H14N4O2.C5H12N2O2/c7-4(5(11)12)2-1-3-10-6(8)9;6-3-1-2-4(7)5(8)9/h4H,1-3,7H2,(H,11,12)(H4,8,9,10);4H,1-3,6-7H2,(H,8,9)/t2*4-/m01/s1. The molecule has 0 bridgehead atoms. The number of aliphatic carboxylic acids is 2. The monoisotopic (exact) mass is 306 g/mol. The van der Waals surface area contributed by atoms with Crippen LogP contribution in [0, 0.1) is 0 Å². The van der Waals surface area contributed by atoms with Crippen LogP contribution in [-0.2, 0) is 9.59 Å². The highest BCUT2D eigenvalue weighted by Crippen LogP contribution is 1.94. The van der Waals surface area contributed by atoms with Crippen molar-refractivity contribution >= 4 is 17.9 Å². The summed E-state index contributed by atoms with van der Waals surface area (Å²) in [7, 11) is 0. The fourth-order valence-electron chi connectivity index (χ4n) is 1.10. The van der Waals surface area contributed by atoms with E-state index in [9.17, 15) is 9.59 Å². The van der Waals surface area contributed by atoms with Crippen LogP contribution in [0.25, 0.3) is 0 Å². The first-order valence-electron chi connectivity index (χ1n) is 6.44. The van der Waals surface area contributed by atoms with Crippen molar-refractivity contribution < 1.29 is 19.8 Å². The minimum Gasteiger partial charge on any atom is -0.480 e. The fraction of sp³-hybridized carbons (Fsp3) is 0.727. The molecule has 0 amide bonds. The molecule has 10 heteroatoms. The van der Waals surface area contributed by atoms with Crippen molar-refractivity contribution in [3.05, 3.63) is 0 Å². The molecule has 0 saturated carbocycles. The first-order valence-corrected chi connectivity index (χ1v) is 6.44. The normalized spacial score (nSPS) is 12.5. The van der Waals surface area contributed by atoms with Gasteiger partial charge in [0.25, 0.3) is 0 Å². The average molecular weight is 306 g/mol. The highest BCUT2D eigenvalue weighted by atomic mass is 16.4. The Hall–Kier alpha value is -1.91. The first kappa shape index (κ1) is 21.4. The van der Waals surface area contributed by atoms with Crippen LogP contribution < -0.4 is 28.7 Å². The van der Waals surface area contributed by atoms with Gasteiger partial charge in [-0.3, -0.25) is 14.6 Å². The quantitative estimate of drug-likeness (QED) is 0.137. The van der Waals surface area contributed by atoms with Crippen LogP contribution in [-0.4, -0.2) is 53.3 Å². The molecule has 2 atom stereocenters. The number of hydrogen-bond donors (Lipinski definition) is 7. The van der Waals surface area contributed by atoms with Crippen LogP contribution in [0.3, 0.4) is 0 Å². The number of rotatable bonds is 9. The molecule has 0 aromatic rings. The summed E-state index contributed by atoms with van der Waals surface area (Å²) in [5.41, 5.74) is 25.6. The zero-order valence-corrected chi connectivity index (χ0v) is 11.9. The van der Waals surface area contributed by atoms with Crippen LogP contribution in [0.15, 0.2) is 4.99 Å². The number of guanidine groups is 1. The van der Waals surface area contributed by atoms with Crippen LogP contribution in [0.4, 0.5) is 0 Å². The van der Waals surface area contributed by atoms with Crippen molar-refractivity contribution in [2.75, 3.05) is 13.1 Å². The third-order valence-electron chi connectivity index (χ3n) is 2.32. The van der Waals surface area contributed by atoms with Gasteiger partial charge in [0.2, 0.25) is 0 Å². The molecule has 0 aromatic heterocycles. The molecule has 12 N–H and O–H groups in total. The molecule has 0 radical (unpaired) electrons. The molecule has 0 aliphatic heterocycles. The molecule has 0 unspecified atom stereocenters. The predicted molar refractivity (Wildman–Crippen MR) is 79.4 cm³/mol. The second-order valence-corrected chi connectivity index (χ2v) is 4.27. The Bertz CT molecular complexity index is 333. The predicted octanol–water partition coefficient (Wildman–Crippen LogP) is -2.41. The van der Waals surface area contributed by atoms with Crippen molar-refractivity contribution in [3.63, 3.8) is 0 Å². The molecule has 21 heavy (non-hydrogen) atoms. The largest absolute Gasteiger partial charge is 0.480 e. The van der Waals surface area contributed by atoms with Crippen molar-refractivity contribution in [2.45, 2.75) is 37.8 Å². The lowest BCUT2D eigenvalue weighted by molar-refractivity contribution is -0.139. The molecule has 0 heterocycles. The second-order valence-electron chi connectivity index (χ2n) is 4.27. The van der Waals surface area contributed by atoms with E-state index < -0.39 is 24.0 Å². The zero-order valence-electron chi connectivity index (χ0n) is 11.9. The Morgan fingerprint density at radius 3 is 1.71 bits per heavy atom. The summed E-state index contributed by atoms with van der Waals surface area (Å²) in [5.74, 6) is -1.94. The Balaban J connectivity index is 0. The Morgan fingerprint density at radius 2 is 1.38 bits per heavy atom. The topological polar surface area (TPSA) is 217 Å². The number of hydrogen-bond acceptors (Lipinski definition) is 6. The molecule has 0 saturated heterocycles. The molecular formula is C11H26N6O4. The molecule has 0 rings (SSSR count). The Kier molecular flexibility index (Phi) is 13.3. The smallest absolute Gasteiger partial charge is 0.320 e. The lowest BCUT2D eigenvalue weighted by Gasteiger charge is -2.03. The average Bonchev–Trinajstić information content (AvgIpc) is 2.40. The van der Waals surface area contributed by atoms with E-state index in [1.165, 1.54) is 0 Å². The lowest BCUT2D eigenvalue weighted by atomic mass is 10.2. The van der Waals surface area contributed by atoms with Crippen molar-refractivity contribution in [2.24, 2.45) is 33.7 Å². The summed E-state index contributed by atoms with van der Waals surface area (Å²) >= 11 is 0. The molecule has 0 spiro atoms. The molecule has 10 nitrogen and oxygen atoms in total. The van der Waals surface area contributed by atoms with E-state index in [0.29, 0.717) is 38.8 Å². The Labute approximate surface area is 123 Å². The summed E-state index contributed by atoms with van der Waals surface area (Å²) < 4.78 is 0. The van der Waals surface area contributed by atoms with Crippen LogP contribution in [0.5, 0.6) is 0 Å². The van der Waals surface area contributed by atoms with E-state index >= 15 is 0 Å². The van der Waals surface area contributed by atoms with Gasteiger partial charge in [-0.05, 0) is 32.2 Å². The van der Waals surface area contributed by atoms with E-state index in [1.54, 1.807) is 0 Å². The van der Waals surface area contributed by atoms with E-state index in [4.69, 9.17) is 38.9 Å². The first-order chi connectivity index (χ1) is 9.72. The number of carboxylic acid groups (broad SMARTS) is 2. The van der Waals surface area contributed by atoms with Gasteiger partial charge < -0.3 is 38.9 Å². The summed E-state index contributed by atoms with van der Waals surface area (Å²) in [4.78, 5) is 23.9. The van der Waals surface area contributed by atoms with Gasteiger partial charge >= 0.3 is 11.9 Å². The van der Waals surface area contributed by atoms with Gasteiger partial charge in [-0.1, -0.05) is 0 Å². The maximum absolute atomic E-state index is 10.2. The minimum atomic E-state index is -1.00. The summed E-state index contributed by atoms with van der Waals surface area (Å²) in [6.07, 6.45) is 2.09. The van der Waals surface area contributed by atoms with Gasteiger partial charge in [-0.2, -0.15) is 0 Å². The van der Waals surface area contributed by atoms with Gasteiger partial charge in [0.05, 0.1) is 0 Å². The number of carbonyl (C=O) groups is 2. The second kappa shape index (κ2) is 13.1. The van der Waals surface area contributed by atoms with E-state index in [1.807, 2.05) is 0 Å².